The smallest absolute Gasteiger partial charge is 0.423 e. The van der Waals surface area contributed by atoms with Gasteiger partial charge in [-0.2, -0.15) is 0 Å². The molecule has 4 heteroatoms. The lowest BCUT2D eigenvalue weighted by Gasteiger charge is -2.24. The summed E-state index contributed by atoms with van der Waals surface area (Å²) in [6.07, 6.45) is 7.90. The van der Waals surface area contributed by atoms with Gasteiger partial charge in [-0.05, 0) is 43.6 Å². The van der Waals surface area contributed by atoms with Crippen molar-refractivity contribution in [3.63, 3.8) is 0 Å². The molecule has 0 amide bonds. The molecule has 2 N–H and O–H groups in total. The van der Waals surface area contributed by atoms with Crippen molar-refractivity contribution in [2.24, 2.45) is 0 Å². The zero-order chi connectivity index (χ0) is 18.2. The average Bonchev–Trinajstić information content (AvgIpc) is 2.60. The quantitative estimate of drug-likeness (QED) is 0.602. The fourth-order valence-electron chi connectivity index (χ4n) is 2.50. The van der Waals surface area contributed by atoms with E-state index in [1.807, 2.05) is 25.1 Å². The van der Waals surface area contributed by atoms with E-state index in [4.69, 9.17) is 0 Å². The summed E-state index contributed by atoms with van der Waals surface area (Å²) >= 11 is 0. The molecule has 0 saturated heterocycles. The molecule has 2 rings (SSSR count). The molecule has 0 saturated carbocycles. The molecule has 0 bridgehead atoms. The summed E-state index contributed by atoms with van der Waals surface area (Å²) in [6, 6.07) is 15.6. The van der Waals surface area contributed by atoms with Gasteiger partial charge < -0.3 is 14.9 Å². The van der Waals surface area contributed by atoms with E-state index in [2.05, 4.69) is 54.8 Å². The molecule has 128 valence electrons. The zero-order valence-corrected chi connectivity index (χ0v) is 14.8. The first-order chi connectivity index (χ1) is 12.0. The Morgan fingerprint density at radius 1 is 1.04 bits per heavy atom. The number of aryl methyl sites for hydroxylation is 1. The van der Waals surface area contributed by atoms with Crippen molar-refractivity contribution in [2.45, 2.75) is 13.8 Å². The molecule has 25 heavy (non-hydrogen) atoms. The highest BCUT2D eigenvalue weighted by Crippen LogP contribution is 2.25. The fourth-order valence-corrected chi connectivity index (χ4v) is 2.50. The van der Waals surface area contributed by atoms with Crippen molar-refractivity contribution in [1.29, 1.82) is 0 Å². The van der Waals surface area contributed by atoms with Crippen LogP contribution in [0.2, 0.25) is 0 Å². The fraction of sp³-hybridized carbons (Fsp3) is 0.143. The monoisotopic (exact) mass is 333 g/mol. The highest BCUT2D eigenvalue weighted by Gasteiger charge is 2.12. The van der Waals surface area contributed by atoms with E-state index in [0.29, 0.717) is 12.0 Å². The lowest BCUT2D eigenvalue weighted by molar-refractivity contribution is 0.426. The molecule has 2 aromatic carbocycles. The zero-order valence-electron chi connectivity index (χ0n) is 14.8. The highest BCUT2D eigenvalue weighted by molar-refractivity contribution is 6.58. The van der Waals surface area contributed by atoms with Crippen molar-refractivity contribution in [1.82, 2.24) is 0 Å². The molecular weight excluding hydrogens is 309 g/mol. The Kier molecular flexibility index (Phi) is 6.81. The molecule has 0 aliphatic heterocycles. The second-order valence-corrected chi connectivity index (χ2v) is 5.96. The van der Waals surface area contributed by atoms with Gasteiger partial charge in [0.15, 0.2) is 0 Å². The van der Waals surface area contributed by atoms with Crippen LogP contribution in [0.3, 0.4) is 0 Å². The van der Waals surface area contributed by atoms with Crippen LogP contribution in [0.5, 0.6) is 0 Å². The standard InChI is InChI=1S/C21H24BNO2/c1-4-6-17(2)7-5-16-23(20-12-8-18(3)9-13-20)21-14-10-19(11-15-21)22(24)25/h4-15,24-25H,1,16H2,2-3H3/b7-5-,17-6-. The summed E-state index contributed by atoms with van der Waals surface area (Å²) in [4.78, 5) is 2.17. The SMILES string of the molecule is C=C/C=C(C)\C=C/CN(c1ccc(C)cc1)c1ccc(B(O)O)cc1. The van der Waals surface area contributed by atoms with Gasteiger partial charge >= 0.3 is 7.12 Å². The lowest BCUT2D eigenvalue weighted by Crippen LogP contribution is -2.29. The van der Waals surface area contributed by atoms with E-state index < -0.39 is 7.12 Å². The molecular formula is C21H24BNO2. The third-order valence-electron chi connectivity index (χ3n) is 3.90. The van der Waals surface area contributed by atoms with E-state index in [9.17, 15) is 10.0 Å². The van der Waals surface area contributed by atoms with Crippen molar-refractivity contribution in [3.8, 4) is 0 Å². The van der Waals surface area contributed by atoms with Crippen molar-refractivity contribution in [3.05, 3.63) is 90.6 Å². The minimum atomic E-state index is -1.45. The Labute approximate surface area is 150 Å². The minimum Gasteiger partial charge on any atom is -0.423 e. The third-order valence-corrected chi connectivity index (χ3v) is 3.90. The molecule has 0 aliphatic carbocycles. The molecule has 0 radical (unpaired) electrons. The van der Waals surface area contributed by atoms with Crippen LogP contribution in [-0.4, -0.2) is 23.7 Å². The summed E-state index contributed by atoms with van der Waals surface area (Å²) in [5.41, 5.74) is 4.90. The van der Waals surface area contributed by atoms with Gasteiger partial charge in [0.1, 0.15) is 0 Å². The van der Waals surface area contributed by atoms with Gasteiger partial charge in [0, 0.05) is 17.9 Å². The second-order valence-electron chi connectivity index (χ2n) is 5.96. The van der Waals surface area contributed by atoms with E-state index in [1.165, 1.54) is 5.56 Å². The van der Waals surface area contributed by atoms with E-state index >= 15 is 0 Å². The summed E-state index contributed by atoms with van der Waals surface area (Å²) in [6.45, 7) is 8.51. The largest absolute Gasteiger partial charge is 0.488 e. The van der Waals surface area contributed by atoms with Gasteiger partial charge in [-0.25, -0.2) is 0 Å². The van der Waals surface area contributed by atoms with Crippen molar-refractivity contribution >= 4 is 24.0 Å². The summed E-state index contributed by atoms with van der Waals surface area (Å²) in [5.74, 6) is 0. The maximum Gasteiger partial charge on any atom is 0.488 e. The number of hydrogen-bond donors (Lipinski definition) is 2. The lowest BCUT2D eigenvalue weighted by atomic mass is 9.80. The molecule has 2 aromatic rings. The maximum absolute atomic E-state index is 9.27. The van der Waals surface area contributed by atoms with Gasteiger partial charge in [0.05, 0.1) is 0 Å². The number of allylic oxidation sites excluding steroid dienone is 4. The van der Waals surface area contributed by atoms with Gasteiger partial charge in [-0.15, -0.1) is 0 Å². The molecule has 0 aromatic heterocycles. The third kappa shape index (κ3) is 5.49. The number of anilines is 2. The average molecular weight is 333 g/mol. The Bertz CT molecular complexity index is 746. The number of hydrogen-bond acceptors (Lipinski definition) is 3. The molecule has 3 nitrogen and oxygen atoms in total. The Morgan fingerprint density at radius 3 is 2.12 bits per heavy atom. The number of rotatable bonds is 7. The second kappa shape index (κ2) is 9.07. The molecule has 0 unspecified atom stereocenters. The van der Waals surface area contributed by atoms with Crippen LogP contribution in [-0.2, 0) is 0 Å². The van der Waals surface area contributed by atoms with Crippen LogP contribution >= 0.6 is 0 Å². The molecule has 0 fully saturated rings. The highest BCUT2D eigenvalue weighted by atomic mass is 16.4. The van der Waals surface area contributed by atoms with Crippen LogP contribution in [0.4, 0.5) is 11.4 Å². The van der Waals surface area contributed by atoms with Gasteiger partial charge in [0.25, 0.3) is 0 Å². The predicted molar refractivity (Wildman–Crippen MR) is 108 cm³/mol. The number of nitrogens with zero attached hydrogens (tertiary/aromatic N) is 1. The molecule has 0 spiro atoms. The van der Waals surface area contributed by atoms with Crippen LogP contribution < -0.4 is 10.4 Å². The molecule has 0 aliphatic rings. The molecule has 0 heterocycles. The first kappa shape index (κ1) is 18.8. The summed E-state index contributed by atoms with van der Waals surface area (Å²) < 4.78 is 0. The van der Waals surface area contributed by atoms with Crippen molar-refractivity contribution in [2.75, 3.05) is 11.4 Å². The minimum absolute atomic E-state index is 0.480. The van der Waals surface area contributed by atoms with Crippen molar-refractivity contribution < 1.29 is 10.0 Å². The summed E-state index contributed by atoms with van der Waals surface area (Å²) in [5, 5.41) is 18.5. The first-order valence-corrected chi connectivity index (χ1v) is 8.27. The predicted octanol–water partition coefficient (Wildman–Crippen LogP) is 3.50. The van der Waals surface area contributed by atoms with Crippen LogP contribution in [0.1, 0.15) is 12.5 Å². The Balaban J connectivity index is 2.29. The van der Waals surface area contributed by atoms with Crippen LogP contribution in [0.15, 0.2) is 85.0 Å². The van der Waals surface area contributed by atoms with E-state index in [-0.39, 0.29) is 0 Å². The maximum atomic E-state index is 9.27. The van der Waals surface area contributed by atoms with Crippen LogP contribution in [0, 0.1) is 6.92 Å². The van der Waals surface area contributed by atoms with Crippen LogP contribution in [0.25, 0.3) is 0 Å². The van der Waals surface area contributed by atoms with Gasteiger partial charge in [-0.3, -0.25) is 0 Å². The van der Waals surface area contributed by atoms with Gasteiger partial charge in [-0.1, -0.05) is 66.3 Å². The Hall–Kier alpha value is -2.56. The topological polar surface area (TPSA) is 43.7 Å². The number of benzene rings is 2. The molecule has 0 atom stereocenters. The first-order valence-electron chi connectivity index (χ1n) is 8.27. The van der Waals surface area contributed by atoms with Gasteiger partial charge in [0.2, 0.25) is 0 Å². The van der Waals surface area contributed by atoms with E-state index in [1.54, 1.807) is 18.2 Å². The normalized spacial score (nSPS) is 11.6. The summed E-state index contributed by atoms with van der Waals surface area (Å²) in [7, 11) is -1.45. The van der Waals surface area contributed by atoms with E-state index in [0.717, 1.165) is 16.9 Å². The Morgan fingerprint density at radius 2 is 1.60 bits per heavy atom.